The Morgan fingerprint density at radius 3 is 2.33 bits per heavy atom. The molecule has 2 aliphatic carbocycles. The van der Waals surface area contributed by atoms with Crippen molar-refractivity contribution in [2.45, 2.75) is 75.5 Å². The molecule has 1 saturated heterocycles. The predicted molar refractivity (Wildman–Crippen MR) is 97.7 cm³/mol. The van der Waals surface area contributed by atoms with Crippen LogP contribution in [0.2, 0.25) is 0 Å². The Kier molecular flexibility index (Phi) is 5.19. The maximum Gasteiger partial charge on any atom is 0.416 e. The quantitative estimate of drug-likeness (QED) is 0.820. The maximum absolute atomic E-state index is 13.1. The van der Waals surface area contributed by atoms with E-state index in [4.69, 9.17) is 0 Å². The summed E-state index contributed by atoms with van der Waals surface area (Å²) in [7, 11) is 0. The third kappa shape index (κ3) is 3.86. The number of amides is 1. The fourth-order valence-corrected chi connectivity index (χ4v) is 4.87. The molecular weight excluding hydrogens is 353 g/mol. The van der Waals surface area contributed by atoms with E-state index in [0.717, 1.165) is 57.7 Å². The number of carbonyl (C=O) groups is 1. The average Bonchev–Trinajstić information content (AvgIpc) is 3.23. The number of nitrogens with zero attached hydrogens (tertiary/aromatic N) is 1. The Morgan fingerprint density at radius 1 is 1.00 bits per heavy atom. The minimum atomic E-state index is -4.38. The Labute approximate surface area is 158 Å². The summed E-state index contributed by atoms with van der Waals surface area (Å²) in [5, 5.41) is 3.16. The lowest BCUT2D eigenvalue weighted by Gasteiger charge is -2.31. The zero-order valence-electron chi connectivity index (χ0n) is 15.5. The molecular formula is C21H27F3N2O. The number of alkyl halides is 3. The van der Waals surface area contributed by atoms with Gasteiger partial charge in [-0.1, -0.05) is 6.42 Å². The maximum atomic E-state index is 13.1. The molecule has 2 saturated carbocycles. The summed E-state index contributed by atoms with van der Waals surface area (Å²) in [6, 6.07) is 4.10. The van der Waals surface area contributed by atoms with E-state index in [-0.39, 0.29) is 17.9 Å². The van der Waals surface area contributed by atoms with Gasteiger partial charge in [0.25, 0.3) is 5.91 Å². The lowest BCUT2D eigenvalue weighted by atomic mass is 9.77. The monoisotopic (exact) mass is 380 g/mol. The second-order valence-corrected chi connectivity index (χ2v) is 8.25. The average molecular weight is 380 g/mol. The highest BCUT2D eigenvalue weighted by atomic mass is 19.4. The smallest absolute Gasteiger partial charge is 0.348 e. The fraction of sp³-hybridized carbons (Fsp3) is 0.667. The van der Waals surface area contributed by atoms with Crippen LogP contribution in [0.25, 0.3) is 0 Å². The first-order chi connectivity index (χ1) is 12.9. The van der Waals surface area contributed by atoms with E-state index in [1.54, 1.807) is 0 Å². The first-order valence-electron chi connectivity index (χ1n) is 10.2. The summed E-state index contributed by atoms with van der Waals surface area (Å²) in [5.74, 6) is -0.132. The SMILES string of the molecule is O=C(N[C@@H]1CCC[C@@H]1N1CCCC1)c1ccc(C(F)(F)F)cc1C1CCC1. The number of halogens is 3. The highest BCUT2D eigenvalue weighted by molar-refractivity contribution is 5.96. The van der Waals surface area contributed by atoms with Crippen LogP contribution in [0.5, 0.6) is 0 Å². The predicted octanol–water partition coefficient (Wildman–Crippen LogP) is 4.72. The first-order valence-corrected chi connectivity index (χ1v) is 10.2. The second-order valence-electron chi connectivity index (χ2n) is 8.25. The molecule has 27 heavy (non-hydrogen) atoms. The standard InChI is InChI=1S/C21H27F3N2O/c22-21(23,24)15-9-10-16(17(13-15)14-5-3-6-14)20(27)25-18-7-4-8-19(18)26-11-1-2-12-26/h9-10,13-14,18-19H,1-8,11-12H2,(H,25,27)/t18-,19+/m1/s1. The Hall–Kier alpha value is -1.56. The molecule has 0 aromatic heterocycles. The van der Waals surface area contributed by atoms with Gasteiger partial charge in [-0.25, -0.2) is 0 Å². The molecule has 3 aliphatic rings. The molecule has 3 nitrogen and oxygen atoms in total. The fourth-order valence-electron chi connectivity index (χ4n) is 4.87. The van der Waals surface area contributed by atoms with Crippen LogP contribution in [0, 0.1) is 0 Å². The van der Waals surface area contributed by atoms with Gasteiger partial charge in [0.1, 0.15) is 0 Å². The number of nitrogens with one attached hydrogen (secondary N) is 1. The lowest BCUT2D eigenvalue weighted by molar-refractivity contribution is -0.137. The minimum Gasteiger partial charge on any atom is -0.348 e. The zero-order valence-corrected chi connectivity index (χ0v) is 15.5. The van der Waals surface area contributed by atoms with E-state index >= 15 is 0 Å². The third-order valence-corrected chi connectivity index (χ3v) is 6.57. The number of likely N-dealkylation sites (tertiary alicyclic amines) is 1. The van der Waals surface area contributed by atoms with Gasteiger partial charge in [0.15, 0.2) is 0 Å². The van der Waals surface area contributed by atoms with Crippen LogP contribution < -0.4 is 5.32 Å². The largest absolute Gasteiger partial charge is 0.416 e. The van der Waals surface area contributed by atoms with Crippen LogP contribution >= 0.6 is 0 Å². The van der Waals surface area contributed by atoms with Crippen molar-refractivity contribution in [1.82, 2.24) is 10.2 Å². The molecule has 148 valence electrons. The van der Waals surface area contributed by atoms with Gasteiger partial charge in [-0.3, -0.25) is 9.69 Å². The summed E-state index contributed by atoms with van der Waals surface area (Å²) < 4.78 is 39.4. The van der Waals surface area contributed by atoms with E-state index in [9.17, 15) is 18.0 Å². The van der Waals surface area contributed by atoms with Crippen molar-refractivity contribution in [3.63, 3.8) is 0 Å². The molecule has 1 N–H and O–H groups in total. The Balaban J connectivity index is 1.54. The lowest BCUT2D eigenvalue weighted by Crippen LogP contribution is -2.48. The molecule has 4 rings (SSSR count). The molecule has 3 fully saturated rings. The van der Waals surface area contributed by atoms with E-state index in [1.807, 2.05) is 0 Å². The van der Waals surface area contributed by atoms with Crippen LogP contribution in [-0.4, -0.2) is 36.0 Å². The van der Waals surface area contributed by atoms with Crippen molar-refractivity contribution in [1.29, 1.82) is 0 Å². The number of carbonyl (C=O) groups excluding carboxylic acids is 1. The second kappa shape index (κ2) is 7.46. The minimum absolute atomic E-state index is 0.0750. The number of hydrogen-bond donors (Lipinski definition) is 1. The molecule has 0 spiro atoms. The summed E-state index contributed by atoms with van der Waals surface area (Å²) in [6.45, 7) is 2.18. The zero-order chi connectivity index (χ0) is 19.0. The molecule has 1 aliphatic heterocycles. The summed E-state index contributed by atoms with van der Waals surface area (Å²) in [4.78, 5) is 15.4. The normalized spacial score (nSPS) is 26.9. The molecule has 6 heteroatoms. The Bertz CT molecular complexity index is 693. The van der Waals surface area contributed by atoms with Gasteiger partial charge >= 0.3 is 6.18 Å². The number of benzene rings is 1. The van der Waals surface area contributed by atoms with E-state index in [1.165, 1.54) is 25.0 Å². The Morgan fingerprint density at radius 2 is 1.70 bits per heavy atom. The molecule has 0 bridgehead atoms. The van der Waals surface area contributed by atoms with Crippen LogP contribution in [0.1, 0.15) is 78.8 Å². The van der Waals surface area contributed by atoms with Crippen LogP contribution in [-0.2, 0) is 6.18 Å². The van der Waals surface area contributed by atoms with Crippen LogP contribution in [0.15, 0.2) is 18.2 Å². The van der Waals surface area contributed by atoms with Crippen molar-refractivity contribution in [3.05, 3.63) is 34.9 Å². The summed E-state index contributed by atoms with van der Waals surface area (Å²) in [6.07, 6.45) is 3.92. The molecule has 1 aromatic carbocycles. The van der Waals surface area contributed by atoms with Crippen LogP contribution in [0.3, 0.4) is 0 Å². The van der Waals surface area contributed by atoms with Gasteiger partial charge in [0, 0.05) is 17.6 Å². The van der Waals surface area contributed by atoms with Crippen molar-refractivity contribution < 1.29 is 18.0 Å². The molecule has 1 aromatic rings. The van der Waals surface area contributed by atoms with Gasteiger partial charge < -0.3 is 5.32 Å². The summed E-state index contributed by atoms with van der Waals surface area (Å²) in [5.41, 5.74) is 0.348. The van der Waals surface area contributed by atoms with Gasteiger partial charge in [-0.05, 0) is 87.7 Å². The van der Waals surface area contributed by atoms with Crippen molar-refractivity contribution in [3.8, 4) is 0 Å². The molecule has 2 atom stereocenters. The van der Waals surface area contributed by atoms with Gasteiger partial charge in [-0.2, -0.15) is 13.2 Å². The molecule has 0 unspecified atom stereocenters. The van der Waals surface area contributed by atoms with E-state index in [0.29, 0.717) is 17.2 Å². The van der Waals surface area contributed by atoms with Crippen molar-refractivity contribution in [2.24, 2.45) is 0 Å². The topological polar surface area (TPSA) is 32.3 Å². The molecule has 1 heterocycles. The van der Waals surface area contributed by atoms with Crippen molar-refractivity contribution >= 4 is 5.91 Å². The number of rotatable bonds is 4. The molecule has 0 radical (unpaired) electrons. The third-order valence-electron chi connectivity index (χ3n) is 6.57. The van der Waals surface area contributed by atoms with Crippen LogP contribution in [0.4, 0.5) is 13.2 Å². The summed E-state index contributed by atoms with van der Waals surface area (Å²) >= 11 is 0. The van der Waals surface area contributed by atoms with Gasteiger partial charge in [0.05, 0.1) is 5.56 Å². The van der Waals surface area contributed by atoms with Gasteiger partial charge in [-0.15, -0.1) is 0 Å². The number of hydrogen-bond acceptors (Lipinski definition) is 2. The molecule has 1 amide bonds. The first kappa shape index (κ1) is 18.8. The van der Waals surface area contributed by atoms with Gasteiger partial charge in [0.2, 0.25) is 0 Å². The van der Waals surface area contributed by atoms with E-state index in [2.05, 4.69) is 10.2 Å². The van der Waals surface area contributed by atoms with E-state index < -0.39 is 11.7 Å². The van der Waals surface area contributed by atoms with Crippen molar-refractivity contribution in [2.75, 3.05) is 13.1 Å². The highest BCUT2D eigenvalue weighted by Crippen LogP contribution is 2.41. The highest BCUT2D eigenvalue weighted by Gasteiger charge is 2.36.